The fourth-order valence-corrected chi connectivity index (χ4v) is 4.90. The van der Waals surface area contributed by atoms with Crippen molar-refractivity contribution in [1.82, 2.24) is 9.80 Å². The van der Waals surface area contributed by atoms with Gasteiger partial charge in [-0.3, -0.25) is 24.2 Å². The first-order valence-electron chi connectivity index (χ1n) is 12.2. The summed E-state index contributed by atoms with van der Waals surface area (Å²) in [6.45, 7) is 5.29. The van der Waals surface area contributed by atoms with E-state index in [4.69, 9.17) is 15.2 Å². The SMILES string of the molecule is CC(C)OCCCCCCCCN1C(=O)CCC(N2C(=O)c3cccc(N)c3C3OC32)C1=O. The predicted octanol–water partition coefficient (Wildman–Crippen LogP) is 3.41. The summed E-state index contributed by atoms with van der Waals surface area (Å²) in [5.41, 5.74) is 7.80. The number of epoxide rings is 1. The second-order valence-electron chi connectivity index (χ2n) is 9.45. The van der Waals surface area contributed by atoms with E-state index in [1.807, 2.05) is 13.8 Å². The number of anilines is 1. The van der Waals surface area contributed by atoms with Gasteiger partial charge in [0, 0.05) is 36.4 Å². The fraction of sp³-hybridized carbons (Fsp3) is 0.640. The summed E-state index contributed by atoms with van der Waals surface area (Å²) in [6.07, 6.45) is 6.24. The summed E-state index contributed by atoms with van der Waals surface area (Å²) in [5, 5.41) is 0. The first kappa shape index (κ1) is 23.7. The highest BCUT2D eigenvalue weighted by atomic mass is 16.6. The number of benzene rings is 1. The molecule has 4 rings (SSSR count). The Morgan fingerprint density at radius 3 is 2.58 bits per heavy atom. The Balaban J connectivity index is 1.28. The first-order chi connectivity index (χ1) is 15.9. The Morgan fingerprint density at radius 2 is 1.82 bits per heavy atom. The number of unbranched alkanes of at least 4 members (excludes halogenated alkanes) is 5. The van der Waals surface area contributed by atoms with Crippen molar-refractivity contribution in [2.45, 2.75) is 89.7 Å². The van der Waals surface area contributed by atoms with Crippen LogP contribution in [0.1, 0.15) is 87.2 Å². The molecule has 0 radical (unpaired) electrons. The number of carbonyl (C=O) groups excluding carboxylic acids is 3. The molecule has 1 aromatic carbocycles. The van der Waals surface area contributed by atoms with Gasteiger partial charge in [0.25, 0.3) is 11.8 Å². The Kier molecular flexibility index (Phi) is 7.34. The van der Waals surface area contributed by atoms with Gasteiger partial charge in [-0.25, -0.2) is 0 Å². The minimum absolute atomic E-state index is 0.149. The van der Waals surface area contributed by atoms with Crippen molar-refractivity contribution < 1.29 is 23.9 Å². The maximum absolute atomic E-state index is 13.2. The summed E-state index contributed by atoms with van der Waals surface area (Å²) >= 11 is 0. The van der Waals surface area contributed by atoms with Gasteiger partial charge in [-0.1, -0.05) is 31.7 Å². The van der Waals surface area contributed by atoms with Crippen LogP contribution in [0, 0.1) is 0 Å². The van der Waals surface area contributed by atoms with Gasteiger partial charge in [0.05, 0.1) is 6.10 Å². The highest BCUT2D eigenvalue weighted by Crippen LogP contribution is 2.50. The van der Waals surface area contributed by atoms with E-state index in [9.17, 15) is 14.4 Å². The molecule has 33 heavy (non-hydrogen) atoms. The molecule has 3 amide bonds. The molecule has 3 aliphatic rings. The van der Waals surface area contributed by atoms with Crippen LogP contribution in [-0.2, 0) is 19.1 Å². The van der Waals surface area contributed by atoms with Crippen molar-refractivity contribution in [3.8, 4) is 0 Å². The maximum Gasteiger partial charge on any atom is 0.257 e. The molecule has 0 bridgehead atoms. The highest BCUT2D eigenvalue weighted by molar-refractivity contribution is 6.05. The van der Waals surface area contributed by atoms with Crippen molar-refractivity contribution in [1.29, 1.82) is 0 Å². The zero-order valence-corrected chi connectivity index (χ0v) is 19.6. The molecule has 8 heteroatoms. The number of piperidine rings is 1. The van der Waals surface area contributed by atoms with Gasteiger partial charge in [-0.2, -0.15) is 0 Å². The number of amides is 3. The third-order valence-corrected chi connectivity index (χ3v) is 6.68. The smallest absolute Gasteiger partial charge is 0.257 e. The third-order valence-electron chi connectivity index (χ3n) is 6.68. The number of imide groups is 1. The molecule has 8 nitrogen and oxygen atoms in total. The molecule has 2 fully saturated rings. The summed E-state index contributed by atoms with van der Waals surface area (Å²) < 4.78 is 11.3. The summed E-state index contributed by atoms with van der Waals surface area (Å²) in [6, 6.07) is 4.56. The van der Waals surface area contributed by atoms with Crippen LogP contribution in [0.3, 0.4) is 0 Å². The van der Waals surface area contributed by atoms with E-state index in [2.05, 4.69) is 0 Å². The largest absolute Gasteiger partial charge is 0.398 e. The van der Waals surface area contributed by atoms with Gasteiger partial charge in [-0.05, 0) is 45.2 Å². The van der Waals surface area contributed by atoms with Gasteiger partial charge in [-0.15, -0.1) is 0 Å². The fourth-order valence-electron chi connectivity index (χ4n) is 4.90. The number of hydrogen-bond donors (Lipinski definition) is 1. The van der Waals surface area contributed by atoms with E-state index in [0.717, 1.165) is 50.7 Å². The van der Waals surface area contributed by atoms with E-state index in [-0.39, 0.29) is 36.4 Å². The van der Waals surface area contributed by atoms with Gasteiger partial charge < -0.3 is 15.2 Å². The van der Waals surface area contributed by atoms with E-state index in [1.54, 1.807) is 18.2 Å². The molecule has 3 heterocycles. The number of fused-ring (bicyclic) bond motifs is 3. The molecule has 3 aliphatic heterocycles. The van der Waals surface area contributed by atoms with Crippen molar-refractivity contribution in [3.05, 3.63) is 29.3 Å². The maximum atomic E-state index is 13.2. The van der Waals surface area contributed by atoms with Crippen LogP contribution in [0.4, 0.5) is 5.69 Å². The minimum Gasteiger partial charge on any atom is -0.398 e. The highest BCUT2D eigenvalue weighted by Gasteiger charge is 2.57. The molecule has 180 valence electrons. The molecule has 1 aromatic rings. The standard InChI is InChI=1S/C25H35N3O5/c1-16(2)32-15-8-6-4-3-5-7-14-27-20(29)13-12-19(24(27)31)28-23(30)17-10-9-11-18(26)21(17)22-25(28)33-22/h9-11,16,19,22,25H,3-8,12-15,26H2,1-2H3. The zero-order chi connectivity index (χ0) is 23.5. The van der Waals surface area contributed by atoms with E-state index >= 15 is 0 Å². The predicted molar refractivity (Wildman–Crippen MR) is 123 cm³/mol. The van der Waals surface area contributed by atoms with Crippen LogP contribution in [0.2, 0.25) is 0 Å². The number of carbonyl (C=O) groups is 3. The third kappa shape index (κ3) is 5.06. The molecular formula is C25H35N3O5. The number of likely N-dealkylation sites (tertiary alicyclic amines) is 1. The number of ether oxygens (including phenoxy) is 2. The number of nitrogen functional groups attached to an aromatic ring is 1. The average molecular weight is 458 g/mol. The number of nitrogens with zero attached hydrogens (tertiary/aromatic N) is 2. The van der Waals surface area contributed by atoms with E-state index in [0.29, 0.717) is 24.2 Å². The monoisotopic (exact) mass is 457 g/mol. The Labute approximate surface area is 195 Å². The van der Waals surface area contributed by atoms with Gasteiger partial charge in [0.1, 0.15) is 12.1 Å². The lowest BCUT2D eigenvalue weighted by Gasteiger charge is -2.38. The molecule has 0 aliphatic carbocycles. The molecule has 2 saturated heterocycles. The zero-order valence-electron chi connectivity index (χ0n) is 19.6. The van der Waals surface area contributed by atoms with Gasteiger partial charge >= 0.3 is 0 Å². The Bertz CT molecular complexity index is 902. The number of hydrogen-bond acceptors (Lipinski definition) is 6. The lowest BCUT2D eigenvalue weighted by molar-refractivity contribution is -0.152. The Morgan fingerprint density at radius 1 is 1.09 bits per heavy atom. The molecule has 0 aromatic heterocycles. The van der Waals surface area contributed by atoms with Crippen molar-refractivity contribution >= 4 is 23.4 Å². The van der Waals surface area contributed by atoms with Gasteiger partial charge in [0.2, 0.25) is 5.91 Å². The normalized spacial score (nSPS) is 24.3. The van der Waals surface area contributed by atoms with Crippen molar-refractivity contribution in [3.63, 3.8) is 0 Å². The van der Waals surface area contributed by atoms with Crippen molar-refractivity contribution in [2.24, 2.45) is 0 Å². The second kappa shape index (κ2) is 10.2. The lowest BCUT2D eigenvalue weighted by atomic mass is 9.93. The molecule has 3 atom stereocenters. The molecule has 0 spiro atoms. The molecule has 3 unspecified atom stereocenters. The quantitative estimate of drug-likeness (QED) is 0.236. The average Bonchev–Trinajstić information content (AvgIpc) is 3.56. The topological polar surface area (TPSA) is 105 Å². The van der Waals surface area contributed by atoms with Crippen LogP contribution in [0.25, 0.3) is 0 Å². The van der Waals surface area contributed by atoms with Gasteiger partial charge in [0.15, 0.2) is 6.23 Å². The second-order valence-corrected chi connectivity index (χ2v) is 9.45. The summed E-state index contributed by atoms with van der Waals surface area (Å²) in [5.74, 6) is -0.679. The summed E-state index contributed by atoms with van der Waals surface area (Å²) in [7, 11) is 0. The Hall–Kier alpha value is -2.45. The summed E-state index contributed by atoms with van der Waals surface area (Å²) in [4.78, 5) is 41.8. The number of rotatable bonds is 11. The molecule has 2 N–H and O–H groups in total. The molecule has 0 saturated carbocycles. The molecular weight excluding hydrogens is 422 g/mol. The van der Waals surface area contributed by atoms with E-state index < -0.39 is 12.3 Å². The first-order valence-corrected chi connectivity index (χ1v) is 12.2. The van der Waals surface area contributed by atoms with Crippen LogP contribution >= 0.6 is 0 Å². The lowest BCUT2D eigenvalue weighted by Crippen LogP contribution is -2.57. The minimum atomic E-state index is -0.666. The van der Waals surface area contributed by atoms with Crippen LogP contribution in [-0.4, -0.2) is 59.0 Å². The van der Waals surface area contributed by atoms with Crippen molar-refractivity contribution in [2.75, 3.05) is 18.9 Å². The number of nitrogens with two attached hydrogens (primary N) is 1. The van der Waals surface area contributed by atoms with Crippen LogP contribution < -0.4 is 5.73 Å². The van der Waals surface area contributed by atoms with Crippen LogP contribution in [0.5, 0.6) is 0 Å². The van der Waals surface area contributed by atoms with Crippen LogP contribution in [0.15, 0.2) is 18.2 Å². The van der Waals surface area contributed by atoms with E-state index in [1.165, 1.54) is 9.80 Å².